The van der Waals surface area contributed by atoms with Crippen molar-refractivity contribution in [1.29, 1.82) is 0 Å². The highest BCUT2D eigenvalue weighted by atomic mass is 32.1. The molecule has 0 saturated carbocycles. The zero-order valence-electron chi connectivity index (χ0n) is 14.7. The topological polar surface area (TPSA) is 68.0 Å². The number of oxazole rings is 1. The Balaban J connectivity index is 1.25. The lowest BCUT2D eigenvalue weighted by Crippen LogP contribution is -2.11. The van der Waals surface area contributed by atoms with Crippen LogP contribution in [0.3, 0.4) is 0 Å². The van der Waals surface area contributed by atoms with Gasteiger partial charge in [0.2, 0.25) is 5.91 Å². The number of para-hydroxylation sites is 1. The number of unbranched alkanes of at least 4 members (excludes halogenated alkanes) is 1. The van der Waals surface area contributed by atoms with Crippen LogP contribution < -0.4 is 5.32 Å². The number of rotatable bonds is 7. The Labute approximate surface area is 161 Å². The monoisotopic (exact) mass is 377 g/mol. The Bertz CT molecular complexity index is 1010. The number of carbonyl (C=O) groups excluding carboxylic acids is 1. The molecule has 4 aromatic rings. The van der Waals surface area contributed by atoms with Crippen LogP contribution in [-0.2, 0) is 11.2 Å². The van der Waals surface area contributed by atoms with Gasteiger partial charge in [-0.3, -0.25) is 4.79 Å². The Morgan fingerprint density at radius 2 is 2.04 bits per heavy atom. The van der Waals surface area contributed by atoms with Gasteiger partial charge in [-0.05, 0) is 43.5 Å². The van der Waals surface area contributed by atoms with Crippen LogP contribution in [0.15, 0.2) is 65.5 Å². The third kappa shape index (κ3) is 4.41. The van der Waals surface area contributed by atoms with E-state index in [9.17, 15) is 4.79 Å². The Hall–Kier alpha value is -2.99. The highest BCUT2D eigenvalue weighted by Crippen LogP contribution is 2.24. The van der Waals surface area contributed by atoms with Gasteiger partial charge in [-0.1, -0.05) is 24.3 Å². The summed E-state index contributed by atoms with van der Waals surface area (Å²) in [6.45, 7) is 0. The quantitative estimate of drug-likeness (QED) is 0.444. The van der Waals surface area contributed by atoms with E-state index in [-0.39, 0.29) is 5.91 Å². The van der Waals surface area contributed by atoms with Crippen molar-refractivity contribution in [1.82, 2.24) is 9.97 Å². The summed E-state index contributed by atoms with van der Waals surface area (Å²) in [5.41, 5.74) is 2.71. The normalized spacial score (nSPS) is 11.0. The van der Waals surface area contributed by atoms with Crippen LogP contribution in [0.1, 0.15) is 24.3 Å². The molecular formula is C21H19N3O2S. The van der Waals surface area contributed by atoms with Gasteiger partial charge in [0.15, 0.2) is 12.2 Å². The van der Waals surface area contributed by atoms with Crippen molar-refractivity contribution in [3.05, 3.63) is 66.1 Å². The summed E-state index contributed by atoms with van der Waals surface area (Å²) in [5, 5.41) is 4.09. The average Bonchev–Trinajstić information content (AvgIpc) is 3.35. The molecule has 0 saturated heterocycles. The van der Waals surface area contributed by atoms with E-state index in [4.69, 9.17) is 4.42 Å². The first-order chi connectivity index (χ1) is 13.3. The van der Waals surface area contributed by atoms with Gasteiger partial charge in [0.25, 0.3) is 0 Å². The maximum atomic E-state index is 12.2. The van der Waals surface area contributed by atoms with Crippen LogP contribution in [0.2, 0.25) is 0 Å². The van der Waals surface area contributed by atoms with E-state index in [1.54, 1.807) is 17.5 Å². The number of nitrogens with one attached hydrogen (secondary N) is 1. The predicted octanol–water partition coefficient (Wildman–Crippen LogP) is 5.30. The molecule has 0 atom stereocenters. The molecule has 0 spiro atoms. The molecule has 2 aromatic heterocycles. The van der Waals surface area contributed by atoms with Gasteiger partial charge in [0.1, 0.15) is 0 Å². The van der Waals surface area contributed by atoms with Crippen molar-refractivity contribution in [2.45, 2.75) is 25.7 Å². The summed E-state index contributed by atoms with van der Waals surface area (Å²) in [6, 6.07) is 15.7. The fourth-order valence-electron chi connectivity index (χ4n) is 2.92. The highest BCUT2D eigenvalue weighted by molar-refractivity contribution is 7.18. The maximum absolute atomic E-state index is 12.2. The molecule has 27 heavy (non-hydrogen) atoms. The number of nitrogens with zero attached hydrogens (tertiary/aromatic N) is 2. The first-order valence-electron chi connectivity index (χ1n) is 8.91. The van der Waals surface area contributed by atoms with Crippen molar-refractivity contribution >= 4 is 33.1 Å². The van der Waals surface area contributed by atoms with Crippen LogP contribution >= 0.6 is 11.3 Å². The minimum atomic E-state index is 0.0222. The summed E-state index contributed by atoms with van der Waals surface area (Å²) in [6.07, 6.45) is 6.24. The number of thiazole rings is 1. The zero-order chi connectivity index (χ0) is 18.5. The van der Waals surface area contributed by atoms with Crippen LogP contribution in [0, 0.1) is 0 Å². The molecule has 4 rings (SSSR count). The maximum Gasteiger partial charge on any atom is 0.224 e. The van der Waals surface area contributed by atoms with Crippen molar-refractivity contribution in [2.24, 2.45) is 0 Å². The van der Waals surface area contributed by atoms with E-state index in [0.717, 1.165) is 41.0 Å². The number of amides is 1. The number of fused-ring (bicyclic) bond motifs is 1. The second kappa shape index (κ2) is 8.14. The van der Waals surface area contributed by atoms with Crippen molar-refractivity contribution in [3.63, 3.8) is 0 Å². The van der Waals surface area contributed by atoms with E-state index in [1.165, 1.54) is 11.1 Å². The fourth-order valence-corrected chi connectivity index (χ4v) is 3.93. The standard InChI is InChI=1S/C21H19N3O2S/c25-20(23-16-7-5-6-15(12-16)18-13-22-14-26-18)10-3-4-11-21-24-17-8-1-2-9-19(17)27-21/h1-2,5-9,12-14H,3-4,10-11H2,(H,23,25). The smallest absolute Gasteiger partial charge is 0.224 e. The lowest BCUT2D eigenvalue weighted by molar-refractivity contribution is -0.116. The summed E-state index contributed by atoms with van der Waals surface area (Å²) in [4.78, 5) is 20.8. The minimum Gasteiger partial charge on any atom is -0.444 e. The van der Waals surface area contributed by atoms with Gasteiger partial charge >= 0.3 is 0 Å². The van der Waals surface area contributed by atoms with E-state index in [2.05, 4.69) is 21.4 Å². The van der Waals surface area contributed by atoms with Crippen LogP contribution in [0.25, 0.3) is 21.5 Å². The van der Waals surface area contributed by atoms with Crippen molar-refractivity contribution in [3.8, 4) is 11.3 Å². The lowest BCUT2D eigenvalue weighted by atomic mass is 10.1. The third-order valence-electron chi connectivity index (χ3n) is 4.25. The fraction of sp³-hybridized carbons (Fsp3) is 0.190. The summed E-state index contributed by atoms with van der Waals surface area (Å²) in [7, 11) is 0. The first kappa shape index (κ1) is 17.4. The molecule has 0 fully saturated rings. The summed E-state index contributed by atoms with van der Waals surface area (Å²) in [5.74, 6) is 0.705. The molecule has 1 N–H and O–H groups in total. The SMILES string of the molecule is O=C(CCCCc1nc2ccccc2s1)Nc1cccc(-c2cnco2)c1. The van der Waals surface area contributed by atoms with Gasteiger partial charge in [-0.25, -0.2) is 9.97 Å². The second-order valence-electron chi connectivity index (χ2n) is 6.28. The van der Waals surface area contributed by atoms with Gasteiger partial charge in [0.05, 0.1) is 21.4 Å². The number of carbonyl (C=O) groups is 1. The predicted molar refractivity (Wildman–Crippen MR) is 108 cm³/mol. The number of aromatic nitrogens is 2. The molecule has 1 amide bonds. The molecule has 0 aliphatic carbocycles. The van der Waals surface area contributed by atoms with E-state index < -0.39 is 0 Å². The number of hydrogen-bond acceptors (Lipinski definition) is 5. The number of aryl methyl sites for hydroxylation is 1. The molecule has 0 bridgehead atoms. The minimum absolute atomic E-state index is 0.0222. The molecule has 0 aliphatic rings. The molecule has 0 unspecified atom stereocenters. The highest BCUT2D eigenvalue weighted by Gasteiger charge is 2.07. The van der Waals surface area contributed by atoms with Crippen LogP contribution in [-0.4, -0.2) is 15.9 Å². The van der Waals surface area contributed by atoms with Crippen molar-refractivity contribution < 1.29 is 9.21 Å². The molecule has 0 aliphatic heterocycles. The number of hydrogen-bond donors (Lipinski definition) is 1. The lowest BCUT2D eigenvalue weighted by Gasteiger charge is -2.06. The van der Waals surface area contributed by atoms with Gasteiger partial charge in [0, 0.05) is 17.7 Å². The van der Waals surface area contributed by atoms with Crippen LogP contribution in [0.5, 0.6) is 0 Å². The van der Waals surface area contributed by atoms with E-state index >= 15 is 0 Å². The number of benzene rings is 2. The molecule has 5 nitrogen and oxygen atoms in total. The van der Waals surface area contributed by atoms with Gasteiger partial charge in [-0.15, -0.1) is 11.3 Å². The molecule has 0 radical (unpaired) electrons. The largest absolute Gasteiger partial charge is 0.444 e. The van der Waals surface area contributed by atoms with E-state index in [1.807, 2.05) is 42.5 Å². The average molecular weight is 377 g/mol. The second-order valence-corrected chi connectivity index (χ2v) is 7.39. The van der Waals surface area contributed by atoms with Crippen LogP contribution in [0.4, 0.5) is 5.69 Å². The zero-order valence-corrected chi connectivity index (χ0v) is 15.5. The molecule has 136 valence electrons. The van der Waals surface area contributed by atoms with Gasteiger partial charge in [-0.2, -0.15) is 0 Å². The molecular weight excluding hydrogens is 358 g/mol. The third-order valence-corrected chi connectivity index (χ3v) is 5.34. The first-order valence-corrected chi connectivity index (χ1v) is 9.73. The summed E-state index contributed by atoms with van der Waals surface area (Å²) >= 11 is 1.73. The Kier molecular flexibility index (Phi) is 5.25. The Morgan fingerprint density at radius 1 is 1.11 bits per heavy atom. The number of anilines is 1. The molecule has 2 aromatic carbocycles. The Morgan fingerprint density at radius 3 is 2.89 bits per heavy atom. The summed E-state index contributed by atoms with van der Waals surface area (Å²) < 4.78 is 6.51. The van der Waals surface area contributed by atoms with Crippen molar-refractivity contribution in [2.75, 3.05) is 5.32 Å². The van der Waals surface area contributed by atoms with E-state index in [0.29, 0.717) is 12.2 Å². The van der Waals surface area contributed by atoms with Gasteiger partial charge < -0.3 is 9.73 Å². The molecule has 6 heteroatoms. The molecule has 2 heterocycles.